The molecule has 1 aromatic rings. The van der Waals surface area contributed by atoms with Crippen LogP contribution in [0.1, 0.15) is 58.1 Å². The second kappa shape index (κ2) is 8.50. The Kier molecular flexibility index (Phi) is 6.66. The molecule has 0 radical (unpaired) electrons. The minimum absolute atomic E-state index is 0.185. The van der Waals surface area contributed by atoms with E-state index in [0.717, 1.165) is 38.0 Å². The van der Waals surface area contributed by atoms with Gasteiger partial charge in [-0.05, 0) is 46.0 Å². The third kappa shape index (κ3) is 4.82. The molecule has 2 N–H and O–H groups in total. The molecule has 2 rings (SSSR count). The quantitative estimate of drug-likeness (QED) is 0.757. The van der Waals surface area contributed by atoms with E-state index < -0.39 is 0 Å². The summed E-state index contributed by atoms with van der Waals surface area (Å²) in [4.78, 5) is 14.3. The van der Waals surface area contributed by atoms with Gasteiger partial charge < -0.3 is 14.8 Å². The summed E-state index contributed by atoms with van der Waals surface area (Å²) in [5, 5.41) is 18.6. The molecule has 0 spiro atoms. The molecule has 0 bridgehead atoms. The fourth-order valence-corrected chi connectivity index (χ4v) is 3.49. The van der Waals surface area contributed by atoms with Gasteiger partial charge in [-0.2, -0.15) is 0 Å². The van der Waals surface area contributed by atoms with Crippen molar-refractivity contribution in [2.45, 2.75) is 77.5 Å². The van der Waals surface area contributed by atoms with E-state index in [4.69, 9.17) is 5.11 Å². The van der Waals surface area contributed by atoms with Crippen molar-refractivity contribution in [1.29, 1.82) is 0 Å². The highest BCUT2D eigenvalue weighted by Gasteiger charge is 2.25. The number of unbranched alkanes of at least 4 members (excludes halogenated alkanes) is 2. The van der Waals surface area contributed by atoms with Crippen LogP contribution in [-0.2, 0) is 13.1 Å². The normalized spacial score (nSPS) is 22.4. The summed E-state index contributed by atoms with van der Waals surface area (Å²) in [6.45, 7) is 6.22. The number of aliphatic hydroxyl groups is 1. The van der Waals surface area contributed by atoms with Gasteiger partial charge in [0.1, 0.15) is 0 Å². The van der Waals surface area contributed by atoms with Crippen molar-refractivity contribution in [3.63, 3.8) is 0 Å². The third-order valence-electron chi connectivity index (χ3n) is 4.98. The lowest BCUT2D eigenvalue weighted by atomic mass is 9.97. The maximum absolute atomic E-state index is 11.9. The molecule has 5 nitrogen and oxygen atoms in total. The maximum atomic E-state index is 11.9. The molecule has 0 aromatic carbocycles. The van der Waals surface area contributed by atoms with Crippen molar-refractivity contribution in [2.24, 2.45) is 0 Å². The Balaban J connectivity index is 2.15. The Hall–Kier alpha value is -1.33. The number of rotatable bonds is 7. The van der Waals surface area contributed by atoms with Gasteiger partial charge in [-0.1, -0.05) is 6.42 Å². The number of likely N-dealkylation sites (tertiary alicyclic amines) is 1. The van der Waals surface area contributed by atoms with Gasteiger partial charge in [-0.3, -0.25) is 9.69 Å². The lowest BCUT2D eigenvalue weighted by Gasteiger charge is -2.39. The number of pyridine rings is 1. The SMILES string of the molecule is CC1CCCC(C)N1Cc1cc(=O)c(O)cn1CCCCCO. The number of hydrogen-bond donors (Lipinski definition) is 2. The number of hydrogen-bond acceptors (Lipinski definition) is 4. The van der Waals surface area contributed by atoms with E-state index in [-0.39, 0.29) is 17.8 Å². The van der Waals surface area contributed by atoms with Crippen LogP contribution in [0, 0.1) is 0 Å². The molecule has 130 valence electrons. The van der Waals surface area contributed by atoms with Crippen LogP contribution in [0.5, 0.6) is 5.75 Å². The molecule has 1 aromatic heterocycles. The van der Waals surface area contributed by atoms with Gasteiger partial charge in [0.05, 0.1) is 6.20 Å². The first kappa shape index (κ1) is 18.0. The highest BCUT2D eigenvalue weighted by Crippen LogP contribution is 2.24. The van der Waals surface area contributed by atoms with Crippen molar-refractivity contribution in [3.8, 4) is 5.75 Å². The number of aryl methyl sites for hydroxylation is 1. The Labute approximate surface area is 138 Å². The first-order chi connectivity index (χ1) is 11.0. The zero-order valence-electron chi connectivity index (χ0n) is 14.4. The average molecular weight is 322 g/mol. The van der Waals surface area contributed by atoms with Gasteiger partial charge in [0.15, 0.2) is 5.75 Å². The second-order valence-corrected chi connectivity index (χ2v) is 6.79. The van der Waals surface area contributed by atoms with Crippen molar-refractivity contribution in [3.05, 3.63) is 28.2 Å². The van der Waals surface area contributed by atoms with E-state index in [1.807, 2.05) is 4.57 Å². The molecule has 5 heteroatoms. The van der Waals surface area contributed by atoms with Crippen molar-refractivity contribution in [2.75, 3.05) is 6.61 Å². The van der Waals surface area contributed by atoms with Crippen LogP contribution < -0.4 is 5.43 Å². The number of aliphatic hydroxyl groups excluding tert-OH is 1. The minimum Gasteiger partial charge on any atom is -0.503 e. The molecule has 1 fully saturated rings. The van der Waals surface area contributed by atoms with E-state index >= 15 is 0 Å². The molecule has 2 heterocycles. The molecule has 0 amide bonds. The van der Waals surface area contributed by atoms with Crippen molar-refractivity contribution in [1.82, 2.24) is 9.47 Å². The smallest absolute Gasteiger partial charge is 0.223 e. The van der Waals surface area contributed by atoms with Crippen LogP contribution in [0.4, 0.5) is 0 Å². The monoisotopic (exact) mass is 322 g/mol. The summed E-state index contributed by atoms with van der Waals surface area (Å²) >= 11 is 0. The van der Waals surface area contributed by atoms with E-state index in [9.17, 15) is 9.90 Å². The summed E-state index contributed by atoms with van der Waals surface area (Å²) in [6, 6.07) is 2.62. The molecule has 1 aliphatic heterocycles. The van der Waals surface area contributed by atoms with Crippen LogP contribution in [-0.4, -0.2) is 38.4 Å². The Morgan fingerprint density at radius 2 is 1.87 bits per heavy atom. The highest BCUT2D eigenvalue weighted by molar-refractivity contribution is 5.20. The van der Waals surface area contributed by atoms with Crippen molar-refractivity contribution < 1.29 is 10.2 Å². The molecular formula is C18H30N2O3. The second-order valence-electron chi connectivity index (χ2n) is 6.79. The highest BCUT2D eigenvalue weighted by atomic mass is 16.3. The largest absolute Gasteiger partial charge is 0.503 e. The zero-order valence-corrected chi connectivity index (χ0v) is 14.4. The number of aromatic nitrogens is 1. The summed E-state index contributed by atoms with van der Waals surface area (Å²) in [7, 11) is 0. The van der Waals surface area contributed by atoms with Crippen LogP contribution in [0.3, 0.4) is 0 Å². The van der Waals surface area contributed by atoms with Gasteiger partial charge >= 0.3 is 0 Å². The van der Waals surface area contributed by atoms with Gasteiger partial charge in [-0.15, -0.1) is 0 Å². The fourth-order valence-electron chi connectivity index (χ4n) is 3.49. The molecule has 1 aliphatic rings. The van der Waals surface area contributed by atoms with Crippen LogP contribution in [0.25, 0.3) is 0 Å². The Morgan fingerprint density at radius 3 is 2.52 bits per heavy atom. The van der Waals surface area contributed by atoms with E-state index in [2.05, 4.69) is 18.7 Å². The molecule has 2 unspecified atom stereocenters. The maximum Gasteiger partial charge on any atom is 0.223 e. The van der Waals surface area contributed by atoms with E-state index in [0.29, 0.717) is 12.1 Å². The van der Waals surface area contributed by atoms with Gasteiger partial charge in [0.25, 0.3) is 0 Å². The topological polar surface area (TPSA) is 65.7 Å². The summed E-state index contributed by atoms with van der Waals surface area (Å²) < 4.78 is 2.00. The van der Waals surface area contributed by atoms with Gasteiger partial charge in [-0.25, -0.2) is 0 Å². The number of aromatic hydroxyl groups is 1. The first-order valence-electron chi connectivity index (χ1n) is 8.82. The average Bonchev–Trinajstić information content (AvgIpc) is 2.51. The minimum atomic E-state index is -0.302. The summed E-state index contributed by atoms with van der Waals surface area (Å²) in [6.07, 6.45) is 7.90. The standard InChI is InChI=1S/C18H30N2O3/c1-14-7-6-8-15(2)20(14)12-16-11-17(22)18(23)13-19(16)9-4-3-5-10-21/h11,13-15,21,23H,3-10,12H2,1-2H3. The number of piperidine rings is 1. The first-order valence-corrected chi connectivity index (χ1v) is 8.82. The van der Waals surface area contributed by atoms with E-state index in [1.54, 1.807) is 12.3 Å². The van der Waals surface area contributed by atoms with Crippen LogP contribution >= 0.6 is 0 Å². The third-order valence-corrected chi connectivity index (χ3v) is 4.98. The predicted octanol–water partition coefficient (Wildman–Crippen LogP) is 2.48. The molecule has 0 saturated carbocycles. The number of nitrogens with zero attached hydrogens (tertiary/aromatic N) is 2. The fraction of sp³-hybridized carbons (Fsp3) is 0.722. The molecule has 23 heavy (non-hydrogen) atoms. The molecule has 2 atom stereocenters. The molecule has 1 saturated heterocycles. The lowest BCUT2D eigenvalue weighted by Crippen LogP contribution is -2.43. The summed E-state index contributed by atoms with van der Waals surface area (Å²) in [5.74, 6) is -0.185. The predicted molar refractivity (Wildman–Crippen MR) is 91.6 cm³/mol. The molecular weight excluding hydrogens is 292 g/mol. The van der Waals surface area contributed by atoms with Gasteiger partial charge in [0.2, 0.25) is 5.43 Å². The summed E-state index contributed by atoms with van der Waals surface area (Å²) in [5.41, 5.74) is 0.668. The molecule has 0 aliphatic carbocycles. The van der Waals surface area contributed by atoms with Crippen LogP contribution in [0.2, 0.25) is 0 Å². The van der Waals surface area contributed by atoms with Crippen molar-refractivity contribution >= 4 is 0 Å². The zero-order chi connectivity index (χ0) is 16.8. The lowest BCUT2D eigenvalue weighted by molar-refractivity contribution is 0.0920. The Bertz CT molecular complexity index is 546. The Morgan fingerprint density at radius 1 is 1.17 bits per heavy atom. The van der Waals surface area contributed by atoms with Gasteiger partial charge in [0, 0.05) is 43.5 Å². The van der Waals surface area contributed by atoms with Crippen LogP contribution in [0.15, 0.2) is 17.1 Å². The van der Waals surface area contributed by atoms with E-state index in [1.165, 1.54) is 19.3 Å².